The van der Waals surface area contributed by atoms with Gasteiger partial charge in [0.05, 0.1) is 0 Å². The molecule has 0 spiro atoms. The minimum absolute atomic E-state index is 0.402. The van der Waals surface area contributed by atoms with Gasteiger partial charge >= 0.3 is 0 Å². The summed E-state index contributed by atoms with van der Waals surface area (Å²) >= 11 is 0. The Hall–Kier alpha value is -1.02. The molecule has 0 radical (unpaired) electrons. The highest BCUT2D eigenvalue weighted by Gasteiger charge is 2.33. The number of nitrogens with one attached hydrogen (secondary N) is 1. The van der Waals surface area contributed by atoms with Crippen LogP contribution in [0.5, 0.6) is 5.75 Å². The third-order valence-electron chi connectivity index (χ3n) is 4.31. The van der Waals surface area contributed by atoms with E-state index in [4.69, 9.17) is 0 Å². The van der Waals surface area contributed by atoms with E-state index in [1.165, 1.54) is 32.1 Å². The van der Waals surface area contributed by atoms with Crippen molar-refractivity contribution >= 4 is 0 Å². The highest BCUT2D eigenvalue weighted by atomic mass is 16.3. The van der Waals surface area contributed by atoms with Gasteiger partial charge in [-0.15, -0.1) is 0 Å². The van der Waals surface area contributed by atoms with E-state index < -0.39 is 0 Å². The number of hydrogen-bond donors (Lipinski definition) is 2. The smallest absolute Gasteiger partial charge is 0.120 e. The number of benzene rings is 1. The molecule has 0 amide bonds. The molecule has 0 unspecified atom stereocenters. The van der Waals surface area contributed by atoms with Crippen LogP contribution in [-0.2, 0) is 6.54 Å². The normalized spacial score (nSPS) is 18.1. The molecule has 106 valence electrons. The summed E-state index contributed by atoms with van der Waals surface area (Å²) in [6.45, 7) is 6.50. The molecule has 1 aromatic carbocycles. The van der Waals surface area contributed by atoms with E-state index in [1.807, 2.05) is 18.2 Å². The second-order valence-electron chi connectivity index (χ2n) is 6.54. The van der Waals surface area contributed by atoms with Crippen molar-refractivity contribution in [3.05, 3.63) is 29.8 Å². The Morgan fingerprint density at radius 2 is 1.89 bits per heavy atom. The monoisotopic (exact) mass is 261 g/mol. The van der Waals surface area contributed by atoms with Crippen molar-refractivity contribution < 1.29 is 5.11 Å². The highest BCUT2D eigenvalue weighted by molar-refractivity contribution is 5.31. The van der Waals surface area contributed by atoms with Crippen LogP contribution in [0.15, 0.2) is 24.3 Å². The predicted molar refractivity (Wildman–Crippen MR) is 80.2 cm³/mol. The molecule has 2 nitrogen and oxygen atoms in total. The van der Waals surface area contributed by atoms with Crippen molar-refractivity contribution in [2.24, 2.45) is 11.3 Å². The van der Waals surface area contributed by atoms with Crippen molar-refractivity contribution in [1.29, 1.82) is 0 Å². The molecule has 1 fully saturated rings. The predicted octanol–water partition coefficient (Wildman–Crippen LogP) is 4.09. The number of phenols is 1. The molecule has 2 heteroatoms. The molecular weight excluding hydrogens is 234 g/mol. The molecule has 0 bridgehead atoms. The third kappa shape index (κ3) is 3.97. The van der Waals surface area contributed by atoms with Gasteiger partial charge < -0.3 is 10.4 Å². The standard InChI is InChI=1S/C17H27NO/c1-14(2)11-17(9-5-6-10-17)13-18-12-15-7-3-4-8-16(15)19/h3-4,7-8,14,18-19H,5-6,9-13H2,1-2H3. The van der Waals surface area contributed by atoms with Gasteiger partial charge in [-0.05, 0) is 36.7 Å². The summed E-state index contributed by atoms with van der Waals surface area (Å²) in [6.07, 6.45) is 6.80. The van der Waals surface area contributed by atoms with E-state index in [2.05, 4.69) is 19.2 Å². The summed E-state index contributed by atoms with van der Waals surface area (Å²) in [7, 11) is 0. The number of hydrogen-bond acceptors (Lipinski definition) is 2. The first-order valence-corrected chi connectivity index (χ1v) is 7.59. The molecule has 0 aromatic heterocycles. The summed E-state index contributed by atoms with van der Waals surface area (Å²) in [6, 6.07) is 7.61. The van der Waals surface area contributed by atoms with Crippen LogP contribution in [-0.4, -0.2) is 11.7 Å². The van der Waals surface area contributed by atoms with E-state index in [0.717, 1.165) is 24.6 Å². The van der Waals surface area contributed by atoms with E-state index >= 15 is 0 Å². The minimum Gasteiger partial charge on any atom is -0.508 e. The van der Waals surface area contributed by atoms with E-state index in [0.29, 0.717) is 11.2 Å². The van der Waals surface area contributed by atoms with Gasteiger partial charge in [0.25, 0.3) is 0 Å². The molecule has 0 saturated heterocycles. The fourth-order valence-electron chi connectivity index (χ4n) is 3.57. The SMILES string of the molecule is CC(C)CC1(CNCc2ccccc2O)CCCC1. The van der Waals surface area contributed by atoms with E-state index in [-0.39, 0.29) is 0 Å². The van der Waals surface area contributed by atoms with Gasteiger partial charge in [-0.25, -0.2) is 0 Å². The van der Waals surface area contributed by atoms with Crippen LogP contribution in [0.25, 0.3) is 0 Å². The van der Waals surface area contributed by atoms with Gasteiger partial charge in [0.2, 0.25) is 0 Å². The Morgan fingerprint density at radius 1 is 1.21 bits per heavy atom. The summed E-state index contributed by atoms with van der Waals surface area (Å²) in [5.41, 5.74) is 1.50. The summed E-state index contributed by atoms with van der Waals surface area (Å²) < 4.78 is 0. The highest BCUT2D eigenvalue weighted by Crippen LogP contribution is 2.42. The summed E-state index contributed by atoms with van der Waals surface area (Å²) in [4.78, 5) is 0. The molecule has 1 aliphatic carbocycles. The molecule has 2 rings (SSSR count). The Bertz CT molecular complexity index is 394. The van der Waals surface area contributed by atoms with Crippen LogP contribution < -0.4 is 5.32 Å². The number of phenolic OH excluding ortho intramolecular Hbond substituents is 1. The number of rotatable bonds is 6. The Labute approximate surface area is 117 Å². The van der Waals surface area contributed by atoms with Crippen LogP contribution >= 0.6 is 0 Å². The van der Waals surface area contributed by atoms with Gasteiger partial charge in [0.15, 0.2) is 0 Å². The fraction of sp³-hybridized carbons (Fsp3) is 0.647. The topological polar surface area (TPSA) is 32.3 Å². The maximum atomic E-state index is 9.77. The van der Waals surface area contributed by atoms with Crippen molar-refractivity contribution in [3.63, 3.8) is 0 Å². The lowest BCUT2D eigenvalue weighted by molar-refractivity contribution is 0.223. The zero-order chi connectivity index (χ0) is 13.7. The maximum absolute atomic E-state index is 9.77. The first-order valence-electron chi connectivity index (χ1n) is 7.59. The zero-order valence-electron chi connectivity index (χ0n) is 12.3. The van der Waals surface area contributed by atoms with Gasteiger partial charge in [0.1, 0.15) is 5.75 Å². The molecule has 19 heavy (non-hydrogen) atoms. The molecular formula is C17H27NO. The fourth-order valence-corrected chi connectivity index (χ4v) is 3.57. The van der Waals surface area contributed by atoms with Crippen molar-refractivity contribution in [2.75, 3.05) is 6.54 Å². The molecule has 1 saturated carbocycles. The first kappa shape index (κ1) is 14.4. The average Bonchev–Trinajstić information content (AvgIpc) is 2.79. The van der Waals surface area contributed by atoms with Gasteiger partial charge in [-0.3, -0.25) is 0 Å². The average molecular weight is 261 g/mol. The largest absolute Gasteiger partial charge is 0.508 e. The lowest BCUT2D eigenvalue weighted by Crippen LogP contribution is -2.33. The molecule has 1 aromatic rings. The van der Waals surface area contributed by atoms with Crippen molar-refractivity contribution in [3.8, 4) is 5.75 Å². The number of aromatic hydroxyl groups is 1. The van der Waals surface area contributed by atoms with Gasteiger partial charge in [-0.1, -0.05) is 44.9 Å². The second-order valence-corrected chi connectivity index (χ2v) is 6.54. The van der Waals surface area contributed by atoms with Crippen molar-refractivity contribution in [1.82, 2.24) is 5.32 Å². The minimum atomic E-state index is 0.402. The van der Waals surface area contributed by atoms with Crippen LogP contribution in [0, 0.1) is 11.3 Å². The van der Waals surface area contributed by atoms with E-state index in [9.17, 15) is 5.11 Å². The maximum Gasteiger partial charge on any atom is 0.120 e. The van der Waals surface area contributed by atoms with Crippen molar-refractivity contribution in [2.45, 2.75) is 52.5 Å². The Morgan fingerprint density at radius 3 is 2.53 bits per heavy atom. The second kappa shape index (κ2) is 6.42. The quantitative estimate of drug-likeness (QED) is 0.808. The first-order chi connectivity index (χ1) is 9.11. The van der Waals surface area contributed by atoms with Gasteiger partial charge in [0, 0.05) is 18.7 Å². The Kier molecular flexibility index (Phi) is 4.87. The van der Waals surface area contributed by atoms with Crippen LogP contribution in [0.1, 0.15) is 51.5 Å². The Balaban J connectivity index is 1.88. The molecule has 0 heterocycles. The zero-order valence-corrected chi connectivity index (χ0v) is 12.3. The van der Waals surface area contributed by atoms with Gasteiger partial charge in [-0.2, -0.15) is 0 Å². The molecule has 0 aliphatic heterocycles. The van der Waals surface area contributed by atoms with Crippen LogP contribution in [0.3, 0.4) is 0 Å². The van der Waals surface area contributed by atoms with Crippen LogP contribution in [0.2, 0.25) is 0 Å². The lowest BCUT2D eigenvalue weighted by atomic mass is 9.78. The molecule has 2 N–H and O–H groups in total. The summed E-state index contributed by atoms with van der Waals surface area (Å²) in [5.74, 6) is 1.17. The molecule has 0 atom stereocenters. The van der Waals surface area contributed by atoms with E-state index in [1.54, 1.807) is 6.07 Å². The third-order valence-corrected chi connectivity index (χ3v) is 4.31. The van der Waals surface area contributed by atoms with Crippen LogP contribution in [0.4, 0.5) is 0 Å². The molecule has 1 aliphatic rings. The number of para-hydroxylation sites is 1. The lowest BCUT2D eigenvalue weighted by Gasteiger charge is -2.31. The summed E-state index contributed by atoms with van der Waals surface area (Å²) in [5, 5.41) is 13.3.